The molecule has 0 saturated carbocycles. The molecule has 0 aliphatic carbocycles. The summed E-state index contributed by atoms with van der Waals surface area (Å²) in [6.07, 6.45) is 8.54. The molecule has 0 radical (unpaired) electrons. The molecule has 0 saturated heterocycles. The van der Waals surface area contributed by atoms with Crippen LogP contribution in [0.15, 0.2) is 39.9 Å². The van der Waals surface area contributed by atoms with E-state index < -0.39 is 0 Å². The van der Waals surface area contributed by atoms with Gasteiger partial charge in [-0.1, -0.05) is 13.3 Å². The number of nitrogens with zero attached hydrogens (tertiary/aromatic N) is 3. The summed E-state index contributed by atoms with van der Waals surface area (Å²) in [7, 11) is 0. The summed E-state index contributed by atoms with van der Waals surface area (Å²) in [5, 5.41) is 2.79. The lowest BCUT2D eigenvalue weighted by Crippen LogP contribution is -2.25. The van der Waals surface area contributed by atoms with Crippen molar-refractivity contribution in [2.75, 3.05) is 5.32 Å². The first-order valence-electron chi connectivity index (χ1n) is 6.21. The summed E-state index contributed by atoms with van der Waals surface area (Å²) >= 11 is 6.60. The Morgan fingerprint density at radius 3 is 2.75 bits per heavy atom. The number of carbonyl (C=O) groups excluding carboxylic acids is 1. The summed E-state index contributed by atoms with van der Waals surface area (Å²) in [4.78, 5) is 20.5. The van der Waals surface area contributed by atoms with Crippen molar-refractivity contribution in [3.8, 4) is 0 Å². The second kappa shape index (κ2) is 6.99. The molecule has 0 aliphatic rings. The van der Waals surface area contributed by atoms with E-state index in [1.165, 1.54) is 6.20 Å². The molecule has 0 spiro atoms. The lowest BCUT2D eigenvalue weighted by atomic mass is 10.1. The van der Waals surface area contributed by atoms with Crippen LogP contribution < -0.4 is 5.32 Å². The highest BCUT2D eigenvalue weighted by molar-refractivity contribution is 9.10. The fraction of sp³-hybridized carbons (Fsp3) is 0.308. The molecule has 2 aromatic heterocycles. The highest BCUT2D eigenvalue weighted by Gasteiger charge is 2.19. The molecule has 2 rings (SSSR count). The SMILES string of the molecule is CCCC(C(=O)Nc1cnc(Br)cn1)n1ccc(Br)c1. The Morgan fingerprint density at radius 2 is 2.20 bits per heavy atom. The van der Waals surface area contributed by atoms with Gasteiger partial charge in [-0.05, 0) is 44.3 Å². The Bertz CT molecular complexity index is 582. The molecule has 1 N–H and O–H groups in total. The monoisotopic (exact) mass is 400 g/mol. The number of anilines is 1. The molecular formula is C13H14Br2N4O. The zero-order valence-corrected chi connectivity index (χ0v) is 14.1. The van der Waals surface area contributed by atoms with Crippen molar-refractivity contribution < 1.29 is 4.79 Å². The summed E-state index contributed by atoms with van der Waals surface area (Å²) < 4.78 is 3.49. The maximum absolute atomic E-state index is 12.4. The number of nitrogens with one attached hydrogen (secondary N) is 1. The van der Waals surface area contributed by atoms with E-state index in [0.29, 0.717) is 10.4 Å². The Balaban J connectivity index is 2.13. The van der Waals surface area contributed by atoms with Crippen molar-refractivity contribution in [2.45, 2.75) is 25.8 Å². The Hall–Kier alpha value is -1.21. The van der Waals surface area contributed by atoms with Crippen LogP contribution in [0.1, 0.15) is 25.8 Å². The summed E-state index contributed by atoms with van der Waals surface area (Å²) in [5.41, 5.74) is 0. The molecule has 106 valence electrons. The number of rotatable bonds is 5. The lowest BCUT2D eigenvalue weighted by molar-refractivity contribution is -0.119. The predicted octanol–water partition coefficient (Wildman–Crippen LogP) is 3.78. The van der Waals surface area contributed by atoms with Gasteiger partial charge in [0.15, 0.2) is 5.82 Å². The van der Waals surface area contributed by atoms with Crippen LogP contribution in [0.4, 0.5) is 5.82 Å². The number of hydrogen-bond donors (Lipinski definition) is 1. The number of hydrogen-bond acceptors (Lipinski definition) is 3. The van der Waals surface area contributed by atoms with Crippen molar-refractivity contribution in [2.24, 2.45) is 0 Å². The van der Waals surface area contributed by atoms with E-state index in [4.69, 9.17) is 0 Å². The van der Waals surface area contributed by atoms with Crippen LogP contribution in [0, 0.1) is 0 Å². The highest BCUT2D eigenvalue weighted by Crippen LogP contribution is 2.20. The van der Waals surface area contributed by atoms with Crippen LogP contribution in [0.5, 0.6) is 0 Å². The van der Waals surface area contributed by atoms with Crippen LogP contribution >= 0.6 is 31.9 Å². The first-order chi connectivity index (χ1) is 9.60. The fourth-order valence-electron chi connectivity index (χ4n) is 1.85. The molecule has 1 unspecified atom stereocenters. The Kier molecular flexibility index (Phi) is 5.31. The third-order valence-electron chi connectivity index (χ3n) is 2.77. The molecule has 0 aliphatic heterocycles. The molecule has 1 amide bonds. The summed E-state index contributed by atoms with van der Waals surface area (Å²) in [6, 6.07) is 1.66. The molecule has 20 heavy (non-hydrogen) atoms. The maximum Gasteiger partial charge on any atom is 0.248 e. The highest BCUT2D eigenvalue weighted by atomic mass is 79.9. The van der Waals surface area contributed by atoms with Gasteiger partial charge < -0.3 is 9.88 Å². The average molecular weight is 402 g/mol. The number of carbonyl (C=O) groups is 1. The van der Waals surface area contributed by atoms with Gasteiger partial charge in [-0.3, -0.25) is 4.79 Å². The zero-order chi connectivity index (χ0) is 14.5. The third kappa shape index (κ3) is 3.89. The Morgan fingerprint density at radius 1 is 1.40 bits per heavy atom. The van der Waals surface area contributed by atoms with E-state index >= 15 is 0 Å². The topological polar surface area (TPSA) is 59.8 Å². The van der Waals surface area contributed by atoms with Gasteiger partial charge in [-0.15, -0.1) is 0 Å². The smallest absolute Gasteiger partial charge is 0.248 e. The predicted molar refractivity (Wildman–Crippen MR) is 84.4 cm³/mol. The van der Waals surface area contributed by atoms with E-state index in [1.807, 2.05) is 23.0 Å². The van der Waals surface area contributed by atoms with E-state index in [1.54, 1.807) is 6.20 Å². The minimum atomic E-state index is -0.253. The second-order valence-corrected chi connectivity index (χ2v) is 6.02. The first kappa shape index (κ1) is 15.2. The van der Waals surface area contributed by atoms with Gasteiger partial charge in [0.2, 0.25) is 5.91 Å². The molecule has 0 bridgehead atoms. The number of aromatic nitrogens is 3. The van der Waals surface area contributed by atoms with Crippen molar-refractivity contribution in [3.63, 3.8) is 0 Å². The minimum absolute atomic E-state index is 0.0911. The minimum Gasteiger partial charge on any atom is -0.341 e. The molecule has 7 heteroatoms. The normalized spacial score (nSPS) is 12.2. The summed E-state index contributed by atoms with van der Waals surface area (Å²) in [5.74, 6) is 0.358. The molecule has 5 nitrogen and oxygen atoms in total. The van der Waals surface area contributed by atoms with Crippen molar-refractivity contribution >= 4 is 43.6 Å². The van der Waals surface area contributed by atoms with Crippen molar-refractivity contribution in [3.05, 3.63) is 39.9 Å². The Labute approximate surface area is 134 Å². The number of amides is 1. The van der Waals surface area contributed by atoms with Gasteiger partial charge in [0, 0.05) is 16.9 Å². The largest absolute Gasteiger partial charge is 0.341 e. The maximum atomic E-state index is 12.4. The second-order valence-electron chi connectivity index (χ2n) is 4.30. The van der Waals surface area contributed by atoms with Crippen molar-refractivity contribution in [1.82, 2.24) is 14.5 Å². The third-order valence-corrected chi connectivity index (χ3v) is 3.65. The van der Waals surface area contributed by atoms with E-state index in [9.17, 15) is 4.79 Å². The van der Waals surface area contributed by atoms with Crippen LogP contribution in [0.25, 0.3) is 0 Å². The average Bonchev–Trinajstić information content (AvgIpc) is 2.85. The quantitative estimate of drug-likeness (QED) is 0.829. The van der Waals surface area contributed by atoms with Crippen LogP contribution in [0.3, 0.4) is 0 Å². The standard InChI is InChI=1S/C13H14Br2N4O/c1-2-3-10(19-5-4-9(14)8-19)13(20)18-12-7-16-11(15)6-17-12/h4-8,10H,2-3H2,1H3,(H,17,18,20). The van der Waals surface area contributed by atoms with E-state index in [2.05, 4.69) is 54.1 Å². The molecule has 2 heterocycles. The molecule has 0 fully saturated rings. The molecule has 2 aromatic rings. The molecule has 0 aromatic carbocycles. The van der Waals surface area contributed by atoms with Gasteiger partial charge in [-0.2, -0.15) is 0 Å². The van der Waals surface area contributed by atoms with Crippen molar-refractivity contribution in [1.29, 1.82) is 0 Å². The van der Waals surface area contributed by atoms with Crippen LogP contribution in [-0.2, 0) is 4.79 Å². The summed E-state index contributed by atoms with van der Waals surface area (Å²) in [6.45, 7) is 2.05. The van der Waals surface area contributed by atoms with Crippen LogP contribution in [-0.4, -0.2) is 20.4 Å². The molecular weight excluding hydrogens is 388 g/mol. The van der Waals surface area contributed by atoms with Gasteiger partial charge in [0.05, 0.1) is 12.4 Å². The van der Waals surface area contributed by atoms with Gasteiger partial charge in [0.25, 0.3) is 0 Å². The van der Waals surface area contributed by atoms with Gasteiger partial charge >= 0.3 is 0 Å². The lowest BCUT2D eigenvalue weighted by Gasteiger charge is -2.17. The molecule has 1 atom stereocenters. The number of halogens is 2. The first-order valence-corrected chi connectivity index (χ1v) is 7.80. The van der Waals surface area contributed by atoms with E-state index in [-0.39, 0.29) is 11.9 Å². The van der Waals surface area contributed by atoms with Crippen LogP contribution in [0.2, 0.25) is 0 Å². The zero-order valence-electron chi connectivity index (χ0n) is 10.9. The van der Waals surface area contributed by atoms with Gasteiger partial charge in [0.1, 0.15) is 10.6 Å². The van der Waals surface area contributed by atoms with Gasteiger partial charge in [-0.25, -0.2) is 9.97 Å². The van der Waals surface area contributed by atoms with E-state index in [0.717, 1.165) is 17.3 Å². The fourth-order valence-corrected chi connectivity index (χ4v) is 2.41.